The number of nitrogens with one attached hydrogen (secondary N) is 1. The largest absolute Gasteiger partial charge is 0.370 e. The summed E-state index contributed by atoms with van der Waals surface area (Å²) >= 11 is 5.94. The fourth-order valence-electron chi connectivity index (χ4n) is 2.42. The lowest BCUT2D eigenvalue weighted by Crippen LogP contribution is -2.07. The molecular formula is C15H22ClN3. The molecule has 1 aliphatic rings. The Morgan fingerprint density at radius 1 is 1.26 bits per heavy atom. The Hall–Kier alpha value is -1.09. The smallest absolute Gasteiger partial charge is 0.224 e. The first-order valence-corrected chi connectivity index (χ1v) is 7.61. The van der Waals surface area contributed by atoms with Gasteiger partial charge in [-0.2, -0.15) is 0 Å². The Labute approximate surface area is 120 Å². The van der Waals surface area contributed by atoms with Crippen LogP contribution in [0.5, 0.6) is 0 Å². The first-order chi connectivity index (χ1) is 9.28. The SMILES string of the molecule is CCCc1cc(NCCC2=CCCCC2)nc(Cl)n1. The molecule has 0 spiro atoms. The monoisotopic (exact) mass is 279 g/mol. The quantitative estimate of drug-likeness (QED) is 0.620. The highest BCUT2D eigenvalue weighted by Gasteiger charge is 2.05. The molecular weight excluding hydrogens is 258 g/mol. The van der Waals surface area contributed by atoms with Gasteiger partial charge in [-0.3, -0.25) is 0 Å². The first-order valence-electron chi connectivity index (χ1n) is 7.23. The van der Waals surface area contributed by atoms with Gasteiger partial charge in [-0.25, -0.2) is 9.97 Å². The van der Waals surface area contributed by atoms with Crippen molar-refractivity contribution in [3.05, 3.63) is 28.7 Å². The van der Waals surface area contributed by atoms with Gasteiger partial charge in [0.2, 0.25) is 5.28 Å². The fourth-order valence-corrected chi connectivity index (χ4v) is 2.62. The second-order valence-corrected chi connectivity index (χ2v) is 5.39. The van der Waals surface area contributed by atoms with Gasteiger partial charge < -0.3 is 5.32 Å². The number of anilines is 1. The van der Waals surface area contributed by atoms with E-state index in [1.165, 1.54) is 25.7 Å². The number of allylic oxidation sites excluding steroid dienone is 1. The van der Waals surface area contributed by atoms with E-state index >= 15 is 0 Å². The Morgan fingerprint density at radius 3 is 2.89 bits per heavy atom. The Morgan fingerprint density at radius 2 is 2.16 bits per heavy atom. The van der Waals surface area contributed by atoms with Crippen molar-refractivity contribution in [2.75, 3.05) is 11.9 Å². The lowest BCUT2D eigenvalue weighted by Gasteiger charge is -2.13. The molecule has 0 amide bonds. The van der Waals surface area contributed by atoms with E-state index in [4.69, 9.17) is 11.6 Å². The number of hydrogen-bond donors (Lipinski definition) is 1. The third kappa shape index (κ3) is 4.83. The molecule has 0 radical (unpaired) electrons. The number of aryl methyl sites for hydroxylation is 1. The number of halogens is 1. The Kier molecular flexibility index (Phi) is 5.64. The zero-order valence-electron chi connectivity index (χ0n) is 11.6. The van der Waals surface area contributed by atoms with E-state index in [2.05, 4.69) is 28.3 Å². The standard InChI is InChI=1S/C15H22ClN3/c1-2-6-13-11-14(19-15(16)18-13)17-10-9-12-7-4-3-5-8-12/h7,11H,2-6,8-10H2,1H3,(H,17,18,19). The summed E-state index contributed by atoms with van der Waals surface area (Å²) in [5, 5.41) is 3.69. The predicted octanol–water partition coefficient (Wildman–Crippen LogP) is 4.38. The van der Waals surface area contributed by atoms with Gasteiger partial charge in [0.1, 0.15) is 5.82 Å². The molecule has 0 aromatic carbocycles. The van der Waals surface area contributed by atoms with Crippen LogP contribution in [0, 0.1) is 0 Å². The minimum Gasteiger partial charge on any atom is -0.370 e. The van der Waals surface area contributed by atoms with Gasteiger partial charge >= 0.3 is 0 Å². The van der Waals surface area contributed by atoms with Crippen molar-refractivity contribution >= 4 is 17.4 Å². The summed E-state index contributed by atoms with van der Waals surface area (Å²) in [5.74, 6) is 0.847. The molecule has 104 valence electrons. The lowest BCUT2D eigenvalue weighted by molar-refractivity contribution is 0.679. The van der Waals surface area contributed by atoms with Crippen molar-refractivity contribution in [3.8, 4) is 0 Å². The molecule has 0 bridgehead atoms. The Balaban J connectivity index is 1.86. The normalized spacial score (nSPS) is 15.2. The second kappa shape index (κ2) is 7.49. The van der Waals surface area contributed by atoms with Crippen molar-refractivity contribution in [2.24, 2.45) is 0 Å². The van der Waals surface area contributed by atoms with Crippen molar-refractivity contribution in [3.63, 3.8) is 0 Å². The molecule has 1 heterocycles. The molecule has 19 heavy (non-hydrogen) atoms. The van der Waals surface area contributed by atoms with E-state index in [0.717, 1.165) is 37.3 Å². The van der Waals surface area contributed by atoms with Gasteiger partial charge in [-0.15, -0.1) is 0 Å². The Bertz CT molecular complexity index is 443. The average molecular weight is 280 g/mol. The van der Waals surface area contributed by atoms with Gasteiger partial charge in [-0.1, -0.05) is 25.0 Å². The van der Waals surface area contributed by atoms with E-state index < -0.39 is 0 Å². The second-order valence-electron chi connectivity index (χ2n) is 5.05. The van der Waals surface area contributed by atoms with Crippen molar-refractivity contribution in [1.82, 2.24) is 9.97 Å². The van der Waals surface area contributed by atoms with E-state index in [-0.39, 0.29) is 0 Å². The third-order valence-electron chi connectivity index (χ3n) is 3.40. The summed E-state index contributed by atoms with van der Waals surface area (Å²) in [6.07, 6.45) is 10.7. The van der Waals surface area contributed by atoms with Gasteiger partial charge in [0.15, 0.2) is 0 Å². The van der Waals surface area contributed by atoms with Gasteiger partial charge in [-0.05, 0) is 50.1 Å². The van der Waals surface area contributed by atoms with E-state index in [1.54, 1.807) is 5.57 Å². The first kappa shape index (κ1) is 14.3. The summed E-state index contributed by atoms with van der Waals surface area (Å²) in [6, 6.07) is 2.00. The highest BCUT2D eigenvalue weighted by Crippen LogP contribution is 2.20. The van der Waals surface area contributed by atoms with Crippen LogP contribution in [-0.2, 0) is 6.42 Å². The zero-order chi connectivity index (χ0) is 13.5. The van der Waals surface area contributed by atoms with Crippen LogP contribution in [0.25, 0.3) is 0 Å². The van der Waals surface area contributed by atoms with Crippen LogP contribution >= 0.6 is 11.6 Å². The van der Waals surface area contributed by atoms with Crippen LogP contribution < -0.4 is 5.32 Å². The van der Waals surface area contributed by atoms with Gasteiger partial charge in [0, 0.05) is 18.3 Å². The molecule has 3 nitrogen and oxygen atoms in total. The summed E-state index contributed by atoms with van der Waals surface area (Å²) < 4.78 is 0. The average Bonchev–Trinajstić information content (AvgIpc) is 2.40. The summed E-state index contributed by atoms with van der Waals surface area (Å²) in [7, 11) is 0. The van der Waals surface area contributed by atoms with Crippen LogP contribution in [0.4, 0.5) is 5.82 Å². The van der Waals surface area contributed by atoms with Crippen molar-refractivity contribution < 1.29 is 0 Å². The molecule has 0 atom stereocenters. The number of rotatable bonds is 6. The maximum atomic E-state index is 5.94. The third-order valence-corrected chi connectivity index (χ3v) is 3.56. The molecule has 0 saturated heterocycles. The van der Waals surface area contributed by atoms with Crippen molar-refractivity contribution in [2.45, 2.75) is 51.9 Å². The molecule has 1 aromatic rings. The predicted molar refractivity (Wildman–Crippen MR) is 80.7 cm³/mol. The van der Waals surface area contributed by atoms with Gasteiger partial charge in [0.25, 0.3) is 0 Å². The van der Waals surface area contributed by atoms with Crippen LogP contribution in [0.1, 0.15) is 51.1 Å². The summed E-state index contributed by atoms with van der Waals surface area (Å²) in [6.45, 7) is 3.06. The molecule has 0 unspecified atom stereocenters. The van der Waals surface area contributed by atoms with Crippen molar-refractivity contribution in [1.29, 1.82) is 0 Å². The zero-order valence-corrected chi connectivity index (χ0v) is 12.3. The summed E-state index contributed by atoms with van der Waals surface area (Å²) in [5.41, 5.74) is 2.59. The van der Waals surface area contributed by atoms with Crippen LogP contribution in [0.15, 0.2) is 17.7 Å². The van der Waals surface area contributed by atoms with E-state index in [0.29, 0.717) is 5.28 Å². The molecule has 0 aliphatic heterocycles. The number of aromatic nitrogens is 2. The van der Waals surface area contributed by atoms with Crippen LogP contribution in [0.3, 0.4) is 0 Å². The molecule has 0 fully saturated rings. The van der Waals surface area contributed by atoms with Gasteiger partial charge in [0.05, 0.1) is 0 Å². The lowest BCUT2D eigenvalue weighted by atomic mass is 9.97. The molecule has 2 rings (SSSR count). The highest BCUT2D eigenvalue weighted by molar-refractivity contribution is 6.28. The van der Waals surface area contributed by atoms with E-state index in [1.807, 2.05) is 6.07 Å². The number of hydrogen-bond acceptors (Lipinski definition) is 3. The maximum Gasteiger partial charge on any atom is 0.224 e. The highest BCUT2D eigenvalue weighted by atomic mass is 35.5. The summed E-state index contributed by atoms with van der Waals surface area (Å²) in [4.78, 5) is 8.45. The molecule has 0 saturated carbocycles. The maximum absolute atomic E-state index is 5.94. The molecule has 1 aromatic heterocycles. The topological polar surface area (TPSA) is 37.8 Å². The molecule has 1 aliphatic carbocycles. The van der Waals surface area contributed by atoms with Crippen LogP contribution in [0.2, 0.25) is 5.28 Å². The molecule has 4 heteroatoms. The van der Waals surface area contributed by atoms with E-state index in [9.17, 15) is 0 Å². The van der Waals surface area contributed by atoms with Crippen LogP contribution in [-0.4, -0.2) is 16.5 Å². The minimum absolute atomic E-state index is 0.338. The fraction of sp³-hybridized carbons (Fsp3) is 0.600. The minimum atomic E-state index is 0.338. The number of nitrogens with zero attached hydrogens (tertiary/aromatic N) is 2. The molecule has 1 N–H and O–H groups in total.